The third kappa shape index (κ3) is 4.75. The first-order chi connectivity index (χ1) is 10.2. The van der Waals surface area contributed by atoms with Crippen LogP contribution in [0.1, 0.15) is 29.8 Å². The van der Waals surface area contributed by atoms with Crippen molar-refractivity contribution in [3.8, 4) is 0 Å². The van der Waals surface area contributed by atoms with Crippen molar-refractivity contribution in [1.82, 2.24) is 0 Å². The Morgan fingerprint density at radius 2 is 1.73 bits per heavy atom. The number of carbonyl (C=O) groups is 2. The first kappa shape index (κ1) is 18.0. The highest BCUT2D eigenvalue weighted by molar-refractivity contribution is 5.89. The number of hydrogen-bond donors (Lipinski definition) is 0. The molecule has 122 valence electrons. The molecule has 2 atom stereocenters. The lowest BCUT2D eigenvalue weighted by molar-refractivity contribution is -0.222. The van der Waals surface area contributed by atoms with Gasteiger partial charge in [-0.2, -0.15) is 13.2 Å². The summed E-state index contributed by atoms with van der Waals surface area (Å²) in [4.78, 5) is 23.3. The normalized spacial score (nSPS) is 14.1. The van der Waals surface area contributed by atoms with E-state index < -0.39 is 30.1 Å². The summed E-state index contributed by atoms with van der Waals surface area (Å²) < 4.78 is 48.1. The van der Waals surface area contributed by atoms with Gasteiger partial charge in [0.2, 0.25) is 6.10 Å². The number of ether oxygens (including phenoxy) is 2. The number of hydrogen-bond acceptors (Lipinski definition) is 4. The molecule has 1 rings (SSSR count). The lowest BCUT2D eigenvalue weighted by atomic mass is 10.0. The summed E-state index contributed by atoms with van der Waals surface area (Å²) in [5, 5.41) is 0. The summed E-state index contributed by atoms with van der Waals surface area (Å²) in [6, 6.07) is 5.88. The molecule has 0 saturated heterocycles. The quantitative estimate of drug-likeness (QED) is 0.782. The van der Waals surface area contributed by atoms with E-state index in [0.29, 0.717) is 0 Å². The monoisotopic (exact) mass is 318 g/mol. The maximum absolute atomic E-state index is 13.0. The fourth-order valence-electron chi connectivity index (χ4n) is 1.72. The maximum Gasteiger partial charge on any atom is 0.426 e. The van der Waals surface area contributed by atoms with Gasteiger partial charge in [-0.05, 0) is 32.9 Å². The second kappa shape index (κ2) is 7.29. The second-order valence-corrected chi connectivity index (χ2v) is 4.77. The summed E-state index contributed by atoms with van der Waals surface area (Å²) in [5.41, 5.74) is 0.833. The molecule has 4 nitrogen and oxygen atoms in total. The molecular formula is C15H17F3O4. The fourth-order valence-corrected chi connectivity index (χ4v) is 1.72. The number of esters is 2. The van der Waals surface area contributed by atoms with Crippen molar-refractivity contribution in [3.63, 3.8) is 0 Å². The lowest BCUT2D eigenvalue weighted by Gasteiger charge is -2.25. The van der Waals surface area contributed by atoms with Gasteiger partial charge in [0, 0.05) is 0 Å². The molecule has 0 N–H and O–H groups in total. The molecule has 1 aromatic rings. The van der Waals surface area contributed by atoms with E-state index in [0.717, 1.165) is 12.5 Å². The molecule has 0 saturated carbocycles. The lowest BCUT2D eigenvalue weighted by Crippen LogP contribution is -2.42. The van der Waals surface area contributed by atoms with Crippen LogP contribution in [-0.4, -0.2) is 30.8 Å². The van der Waals surface area contributed by atoms with Gasteiger partial charge in [-0.3, -0.25) is 4.79 Å². The Morgan fingerprint density at radius 3 is 2.18 bits per heavy atom. The van der Waals surface area contributed by atoms with Crippen LogP contribution >= 0.6 is 0 Å². The van der Waals surface area contributed by atoms with E-state index in [1.807, 2.05) is 0 Å². The Hall–Kier alpha value is -2.05. The van der Waals surface area contributed by atoms with Gasteiger partial charge in [0.05, 0.1) is 12.2 Å². The van der Waals surface area contributed by atoms with Crippen molar-refractivity contribution < 1.29 is 32.2 Å². The Bertz CT molecular complexity index is 523. The van der Waals surface area contributed by atoms with Crippen LogP contribution in [0.4, 0.5) is 13.2 Å². The van der Waals surface area contributed by atoms with Crippen molar-refractivity contribution in [2.45, 2.75) is 33.1 Å². The van der Waals surface area contributed by atoms with Crippen molar-refractivity contribution in [3.05, 3.63) is 35.4 Å². The van der Waals surface area contributed by atoms with E-state index in [1.54, 1.807) is 19.1 Å². The molecular weight excluding hydrogens is 301 g/mol. The molecule has 2 unspecified atom stereocenters. The average Bonchev–Trinajstić information content (AvgIpc) is 2.43. The van der Waals surface area contributed by atoms with Gasteiger partial charge in [-0.25, -0.2) is 4.79 Å². The molecule has 7 heteroatoms. The summed E-state index contributed by atoms with van der Waals surface area (Å²) in [5.74, 6) is -3.85. The first-order valence-corrected chi connectivity index (χ1v) is 6.67. The zero-order valence-corrected chi connectivity index (χ0v) is 12.4. The topological polar surface area (TPSA) is 52.6 Å². The molecule has 0 radical (unpaired) electrons. The number of halogens is 3. The van der Waals surface area contributed by atoms with E-state index in [4.69, 9.17) is 0 Å². The summed E-state index contributed by atoms with van der Waals surface area (Å²) >= 11 is 0. The van der Waals surface area contributed by atoms with Crippen LogP contribution < -0.4 is 0 Å². The Balaban J connectivity index is 2.92. The first-order valence-electron chi connectivity index (χ1n) is 6.67. The van der Waals surface area contributed by atoms with Crippen LogP contribution in [0, 0.1) is 12.8 Å². The highest BCUT2D eigenvalue weighted by Gasteiger charge is 2.49. The Kier molecular flexibility index (Phi) is 5.96. The van der Waals surface area contributed by atoms with Gasteiger partial charge >= 0.3 is 18.1 Å². The molecule has 0 aromatic heterocycles. The minimum absolute atomic E-state index is 0.0177. The molecule has 0 amide bonds. The van der Waals surface area contributed by atoms with Crippen LogP contribution in [0.25, 0.3) is 0 Å². The van der Waals surface area contributed by atoms with E-state index in [-0.39, 0.29) is 12.2 Å². The number of alkyl halides is 3. The largest absolute Gasteiger partial charge is 0.466 e. The summed E-state index contributed by atoms with van der Waals surface area (Å²) in [6.45, 7) is 4.21. The molecule has 0 aliphatic carbocycles. The molecule has 22 heavy (non-hydrogen) atoms. The summed E-state index contributed by atoms with van der Waals surface area (Å²) in [7, 11) is 0. The molecule has 0 bridgehead atoms. The molecule has 0 aliphatic heterocycles. The molecule has 0 fully saturated rings. The zero-order valence-electron chi connectivity index (χ0n) is 12.4. The van der Waals surface area contributed by atoms with E-state index >= 15 is 0 Å². The predicted octanol–water partition coefficient (Wildman–Crippen LogP) is 3.28. The van der Waals surface area contributed by atoms with E-state index in [1.165, 1.54) is 19.1 Å². The smallest absolute Gasteiger partial charge is 0.426 e. The zero-order chi connectivity index (χ0) is 16.9. The minimum Gasteiger partial charge on any atom is -0.466 e. The SMILES string of the molecule is CCOC(=O)C(C)C(OC(=O)c1ccc(C)cc1)C(F)(F)F. The average molecular weight is 318 g/mol. The number of aryl methyl sites for hydroxylation is 1. The third-order valence-electron chi connectivity index (χ3n) is 2.96. The minimum atomic E-state index is -4.87. The predicted molar refractivity (Wildman–Crippen MR) is 72.2 cm³/mol. The van der Waals surface area contributed by atoms with Crippen LogP contribution in [0.3, 0.4) is 0 Å². The van der Waals surface area contributed by atoms with Gasteiger partial charge in [-0.15, -0.1) is 0 Å². The van der Waals surface area contributed by atoms with Gasteiger partial charge < -0.3 is 9.47 Å². The number of carbonyl (C=O) groups excluding carboxylic acids is 2. The van der Waals surface area contributed by atoms with Crippen LogP contribution in [0.15, 0.2) is 24.3 Å². The van der Waals surface area contributed by atoms with Crippen molar-refractivity contribution in [2.75, 3.05) is 6.61 Å². The van der Waals surface area contributed by atoms with Crippen molar-refractivity contribution in [1.29, 1.82) is 0 Å². The third-order valence-corrected chi connectivity index (χ3v) is 2.96. The Labute approximate surface area is 126 Å². The van der Waals surface area contributed by atoms with Gasteiger partial charge in [0.15, 0.2) is 0 Å². The van der Waals surface area contributed by atoms with Gasteiger partial charge in [-0.1, -0.05) is 17.7 Å². The van der Waals surface area contributed by atoms with Gasteiger partial charge in [0.1, 0.15) is 5.92 Å². The van der Waals surface area contributed by atoms with Crippen LogP contribution in [0.2, 0.25) is 0 Å². The van der Waals surface area contributed by atoms with Crippen LogP contribution in [-0.2, 0) is 14.3 Å². The van der Waals surface area contributed by atoms with Crippen LogP contribution in [0.5, 0.6) is 0 Å². The van der Waals surface area contributed by atoms with Gasteiger partial charge in [0.25, 0.3) is 0 Å². The molecule has 0 spiro atoms. The van der Waals surface area contributed by atoms with E-state index in [9.17, 15) is 22.8 Å². The van der Waals surface area contributed by atoms with Crippen molar-refractivity contribution >= 4 is 11.9 Å². The molecule has 0 heterocycles. The molecule has 0 aliphatic rings. The summed E-state index contributed by atoms with van der Waals surface area (Å²) in [6.07, 6.45) is -7.42. The Morgan fingerprint density at radius 1 is 1.18 bits per heavy atom. The number of rotatable bonds is 5. The highest BCUT2D eigenvalue weighted by Crippen LogP contribution is 2.30. The second-order valence-electron chi connectivity index (χ2n) is 4.77. The standard InChI is InChI=1S/C15H17F3O4/c1-4-21-13(19)10(3)12(15(16,17)18)22-14(20)11-7-5-9(2)6-8-11/h5-8,10,12H,4H2,1-3H3. The number of benzene rings is 1. The maximum atomic E-state index is 13.0. The van der Waals surface area contributed by atoms with Crippen molar-refractivity contribution in [2.24, 2.45) is 5.92 Å². The highest BCUT2D eigenvalue weighted by atomic mass is 19.4. The molecule has 1 aromatic carbocycles. The van der Waals surface area contributed by atoms with E-state index in [2.05, 4.69) is 9.47 Å². The fraction of sp³-hybridized carbons (Fsp3) is 0.467.